The highest BCUT2D eigenvalue weighted by Crippen LogP contribution is 2.41. The normalized spacial score (nSPS) is 29.5. The first kappa shape index (κ1) is 14.5. The molecule has 2 heterocycles. The predicted molar refractivity (Wildman–Crippen MR) is 81.1 cm³/mol. The van der Waals surface area contributed by atoms with Crippen LogP contribution < -0.4 is 5.32 Å². The van der Waals surface area contributed by atoms with Gasteiger partial charge in [0.15, 0.2) is 0 Å². The Balaban J connectivity index is 1.18. The summed E-state index contributed by atoms with van der Waals surface area (Å²) >= 11 is 0. The largest absolute Gasteiger partial charge is 0.371 e. The molecule has 0 aromatic carbocycles. The van der Waals surface area contributed by atoms with Gasteiger partial charge in [0.1, 0.15) is 5.60 Å². The summed E-state index contributed by atoms with van der Waals surface area (Å²) in [6, 6.07) is 0. The molecule has 5 nitrogen and oxygen atoms in total. The van der Waals surface area contributed by atoms with Crippen LogP contribution in [0.3, 0.4) is 0 Å². The smallest absolute Gasteiger partial charge is 0.223 e. The summed E-state index contributed by atoms with van der Waals surface area (Å²) < 4.78 is 5.95. The van der Waals surface area contributed by atoms with Gasteiger partial charge in [0, 0.05) is 19.4 Å². The van der Waals surface area contributed by atoms with Crippen molar-refractivity contribution in [3.8, 4) is 0 Å². The molecule has 122 valence electrons. The molecule has 5 heteroatoms. The van der Waals surface area contributed by atoms with Gasteiger partial charge < -0.3 is 15.0 Å². The Morgan fingerprint density at radius 1 is 1.05 bits per heavy atom. The first-order valence-electron chi connectivity index (χ1n) is 8.80. The van der Waals surface area contributed by atoms with Crippen LogP contribution in [0.25, 0.3) is 0 Å². The second-order valence-electron chi connectivity index (χ2n) is 7.91. The zero-order valence-electron chi connectivity index (χ0n) is 13.2. The van der Waals surface area contributed by atoms with Gasteiger partial charge >= 0.3 is 0 Å². The average Bonchev–Trinajstić information content (AvgIpc) is 3.35. The summed E-state index contributed by atoms with van der Waals surface area (Å²) in [5.74, 6) is 2.16. The van der Waals surface area contributed by atoms with Crippen molar-refractivity contribution in [2.75, 3.05) is 26.2 Å². The molecule has 0 bridgehead atoms. The van der Waals surface area contributed by atoms with E-state index in [-0.39, 0.29) is 11.5 Å². The fourth-order valence-electron chi connectivity index (χ4n) is 3.73. The highest BCUT2D eigenvalue weighted by atomic mass is 16.5. The Kier molecular flexibility index (Phi) is 3.63. The molecule has 0 aromatic heterocycles. The molecular weight excluding hydrogens is 280 g/mol. The number of hydrogen-bond donors (Lipinski definition) is 1. The fourth-order valence-corrected chi connectivity index (χ4v) is 3.73. The Morgan fingerprint density at radius 2 is 1.77 bits per heavy atom. The van der Waals surface area contributed by atoms with Crippen LogP contribution in [0.4, 0.5) is 0 Å². The molecule has 2 saturated heterocycles. The van der Waals surface area contributed by atoms with Gasteiger partial charge in [-0.3, -0.25) is 9.59 Å². The van der Waals surface area contributed by atoms with Crippen LogP contribution in [0, 0.1) is 17.8 Å². The van der Waals surface area contributed by atoms with E-state index in [1.165, 1.54) is 25.7 Å². The topological polar surface area (TPSA) is 58.6 Å². The van der Waals surface area contributed by atoms with Crippen molar-refractivity contribution in [3.63, 3.8) is 0 Å². The lowest BCUT2D eigenvalue weighted by molar-refractivity contribution is -0.158. The zero-order valence-corrected chi connectivity index (χ0v) is 13.2. The second-order valence-corrected chi connectivity index (χ2v) is 7.91. The molecule has 4 fully saturated rings. The number of nitrogens with one attached hydrogen (secondary N) is 1. The fraction of sp³-hybridized carbons (Fsp3) is 0.882. The summed E-state index contributed by atoms with van der Waals surface area (Å²) in [4.78, 5) is 25.9. The minimum atomic E-state index is -0.138. The molecule has 0 radical (unpaired) electrons. The number of likely N-dealkylation sites (tertiary alicyclic amines) is 1. The van der Waals surface area contributed by atoms with E-state index in [1.807, 2.05) is 4.90 Å². The first-order chi connectivity index (χ1) is 10.6. The van der Waals surface area contributed by atoms with Gasteiger partial charge in [0.2, 0.25) is 11.8 Å². The molecule has 4 aliphatic rings. The number of carbonyl (C=O) groups is 2. The van der Waals surface area contributed by atoms with Crippen molar-refractivity contribution in [2.45, 2.75) is 50.5 Å². The lowest BCUT2D eigenvalue weighted by Crippen LogP contribution is -2.63. The summed E-state index contributed by atoms with van der Waals surface area (Å²) in [5, 5.41) is 3.03. The molecule has 4 rings (SSSR count). The number of nitrogens with zero attached hydrogens (tertiary/aromatic N) is 1. The van der Waals surface area contributed by atoms with Crippen LogP contribution in [-0.4, -0.2) is 48.6 Å². The first-order valence-corrected chi connectivity index (χ1v) is 8.80. The van der Waals surface area contributed by atoms with Crippen LogP contribution in [0.5, 0.6) is 0 Å². The minimum Gasteiger partial charge on any atom is -0.371 e. The van der Waals surface area contributed by atoms with Crippen LogP contribution in [0.1, 0.15) is 44.9 Å². The number of carbonyl (C=O) groups excluding carboxylic acids is 2. The monoisotopic (exact) mass is 306 g/mol. The maximum atomic E-state index is 12.0. The molecule has 2 aliphatic carbocycles. The van der Waals surface area contributed by atoms with Crippen molar-refractivity contribution < 1.29 is 14.3 Å². The van der Waals surface area contributed by atoms with Gasteiger partial charge in [-0.2, -0.15) is 0 Å². The standard InChI is InChI=1S/C17H26N2O3/c20-15(18-8-13-3-4-13)5-14-7-17(22-9-14)10-19(11-17)16(21)6-12-1-2-12/h12-14H,1-11H2,(H,18,20). The SMILES string of the molecule is O=C(CC1COC2(C1)CN(C(=O)CC1CC1)C2)NCC1CC1. The predicted octanol–water partition coefficient (Wildman–Crippen LogP) is 1.32. The highest BCUT2D eigenvalue weighted by molar-refractivity contribution is 5.78. The maximum Gasteiger partial charge on any atom is 0.223 e. The van der Waals surface area contributed by atoms with Gasteiger partial charge in [-0.25, -0.2) is 0 Å². The molecule has 2 aliphatic heterocycles. The van der Waals surface area contributed by atoms with E-state index in [0.717, 1.165) is 38.4 Å². The number of hydrogen-bond acceptors (Lipinski definition) is 3. The zero-order chi connectivity index (χ0) is 15.2. The second kappa shape index (κ2) is 5.52. The van der Waals surface area contributed by atoms with E-state index in [4.69, 9.17) is 4.74 Å². The summed E-state index contributed by atoms with van der Waals surface area (Å²) in [7, 11) is 0. The Morgan fingerprint density at radius 3 is 2.45 bits per heavy atom. The highest BCUT2D eigenvalue weighted by Gasteiger charge is 2.51. The molecule has 1 N–H and O–H groups in total. The Hall–Kier alpha value is -1.10. The molecule has 2 amide bonds. The van der Waals surface area contributed by atoms with Gasteiger partial charge in [0.05, 0.1) is 19.7 Å². The Bertz CT molecular complexity index is 465. The van der Waals surface area contributed by atoms with E-state index >= 15 is 0 Å². The Labute approximate surface area is 131 Å². The van der Waals surface area contributed by atoms with Crippen LogP contribution in [0.15, 0.2) is 0 Å². The van der Waals surface area contributed by atoms with E-state index in [2.05, 4.69) is 5.32 Å². The lowest BCUT2D eigenvalue weighted by Gasteiger charge is -2.47. The van der Waals surface area contributed by atoms with Gasteiger partial charge in [-0.1, -0.05) is 0 Å². The average molecular weight is 306 g/mol. The summed E-state index contributed by atoms with van der Waals surface area (Å²) in [6.07, 6.45) is 7.20. The van der Waals surface area contributed by atoms with Crippen LogP contribution >= 0.6 is 0 Å². The van der Waals surface area contributed by atoms with E-state index < -0.39 is 0 Å². The number of ether oxygens (including phenoxy) is 1. The van der Waals surface area contributed by atoms with E-state index in [0.29, 0.717) is 30.8 Å². The molecule has 2 saturated carbocycles. The third kappa shape index (κ3) is 3.29. The molecule has 0 aromatic rings. The number of rotatable bonds is 6. The van der Waals surface area contributed by atoms with Crippen LogP contribution in [-0.2, 0) is 14.3 Å². The van der Waals surface area contributed by atoms with Gasteiger partial charge in [0.25, 0.3) is 0 Å². The molecular formula is C17H26N2O3. The van der Waals surface area contributed by atoms with E-state index in [1.54, 1.807) is 0 Å². The third-order valence-corrected chi connectivity index (χ3v) is 5.52. The molecule has 22 heavy (non-hydrogen) atoms. The molecule has 1 unspecified atom stereocenters. The van der Waals surface area contributed by atoms with Crippen molar-refractivity contribution >= 4 is 11.8 Å². The van der Waals surface area contributed by atoms with Gasteiger partial charge in [-0.15, -0.1) is 0 Å². The van der Waals surface area contributed by atoms with Gasteiger partial charge in [-0.05, 0) is 49.9 Å². The summed E-state index contributed by atoms with van der Waals surface area (Å²) in [5.41, 5.74) is -0.138. The molecule has 1 spiro atoms. The quantitative estimate of drug-likeness (QED) is 0.805. The van der Waals surface area contributed by atoms with E-state index in [9.17, 15) is 9.59 Å². The third-order valence-electron chi connectivity index (χ3n) is 5.52. The molecule has 1 atom stereocenters. The van der Waals surface area contributed by atoms with Crippen molar-refractivity contribution in [1.82, 2.24) is 10.2 Å². The maximum absolute atomic E-state index is 12.0. The van der Waals surface area contributed by atoms with Crippen LogP contribution in [0.2, 0.25) is 0 Å². The van der Waals surface area contributed by atoms with Crippen molar-refractivity contribution in [3.05, 3.63) is 0 Å². The lowest BCUT2D eigenvalue weighted by atomic mass is 9.85. The summed E-state index contributed by atoms with van der Waals surface area (Å²) in [6.45, 7) is 2.99. The van der Waals surface area contributed by atoms with Crippen molar-refractivity contribution in [2.24, 2.45) is 17.8 Å². The number of amides is 2. The minimum absolute atomic E-state index is 0.138. The van der Waals surface area contributed by atoms with Crippen molar-refractivity contribution in [1.29, 1.82) is 0 Å².